The molecule has 3 aromatic heterocycles. The lowest BCUT2D eigenvalue weighted by Gasteiger charge is -2.20. The normalized spacial score (nSPS) is 16.0. The molecule has 0 atom stereocenters. The predicted molar refractivity (Wildman–Crippen MR) is 110 cm³/mol. The van der Waals surface area contributed by atoms with Crippen molar-refractivity contribution in [1.29, 1.82) is 0 Å². The predicted octanol–water partition coefficient (Wildman–Crippen LogP) is 1.56. The summed E-state index contributed by atoms with van der Waals surface area (Å²) in [6, 6.07) is 7.44. The highest BCUT2D eigenvalue weighted by Gasteiger charge is 2.23. The minimum absolute atomic E-state index is 0.195. The number of aromatic carboxylic acids is 1. The van der Waals surface area contributed by atoms with Crippen LogP contribution in [0.5, 0.6) is 0 Å². The van der Waals surface area contributed by atoms with Crippen molar-refractivity contribution in [2.75, 3.05) is 38.1 Å². The Morgan fingerprint density at radius 2 is 2.00 bits per heavy atom. The van der Waals surface area contributed by atoms with E-state index in [0.717, 1.165) is 43.6 Å². The molecule has 0 spiro atoms. The fraction of sp³-hybridized carbons (Fsp3) is 0.300. The number of anilines is 1. The number of nitrogens with zero attached hydrogens (tertiary/aromatic N) is 5. The molecular formula is C20H20N6O3. The fourth-order valence-corrected chi connectivity index (χ4v) is 4.01. The van der Waals surface area contributed by atoms with E-state index in [0.29, 0.717) is 11.6 Å². The minimum Gasteiger partial charge on any atom is -0.477 e. The molecule has 1 aromatic carbocycles. The molecule has 0 amide bonds. The molecule has 29 heavy (non-hydrogen) atoms. The number of imidazole rings is 1. The third kappa shape index (κ3) is 2.73. The molecular weight excluding hydrogens is 372 g/mol. The lowest BCUT2D eigenvalue weighted by Crippen LogP contribution is -2.30. The van der Waals surface area contributed by atoms with Crippen LogP contribution >= 0.6 is 0 Å². The molecule has 148 valence electrons. The van der Waals surface area contributed by atoms with Gasteiger partial charge in [0.15, 0.2) is 5.65 Å². The first-order valence-corrected chi connectivity index (χ1v) is 9.53. The van der Waals surface area contributed by atoms with Crippen LogP contribution in [0.4, 0.5) is 5.95 Å². The number of fused-ring (bicyclic) bond motifs is 5. The first-order valence-electron chi connectivity index (χ1n) is 9.53. The standard InChI is InChI=1S/C20H20N6O3/c1-24-7-4-8-25(10-9-24)20-21-11-12-16(27)15(19(28)29)18-22-13-5-2-3-6-14(13)26(18)17(12)23-20/h2-3,5-6,11,22H,4,7-10H2,1H3,(H,28,29). The Morgan fingerprint density at radius 3 is 2.83 bits per heavy atom. The molecule has 4 aromatic rings. The Bertz CT molecular complexity index is 1320. The van der Waals surface area contributed by atoms with Gasteiger partial charge in [0.05, 0.1) is 16.4 Å². The van der Waals surface area contributed by atoms with E-state index in [1.165, 1.54) is 6.20 Å². The third-order valence-electron chi connectivity index (χ3n) is 5.51. The van der Waals surface area contributed by atoms with Crippen LogP contribution < -0.4 is 10.3 Å². The Kier molecular flexibility index (Phi) is 3.99. The maximum absolute atomic E-state index is 12.9. The van der Waals surface area contributed by atoms with Crippen LogP contribution in [0.3, 0.4) is 0 Å². The minimum atomic E-state index is -1.28. The van der Waals surface area contributed by atoms with Crippen LogP contribution in [0, 0.1) is 0 Å². The van der Waals surface area contributed by atoms with E-state index in [1.807, 2.05) is 24.3 Å². The molecule has 1 saturated heterocycles. The summed E-state index contributed by atoms with van der Waals surface area (Å²) in [4.78, 5) is 41.4. The summed E-state index contributed by atoms with van der Waals surface area (Å²) in [6.07, 6.45) is 2.45. The van der Waals surface area contributed by atoms with Crippen LogP contribution in [-0.4, -0.2) is 68.6 Å². The molecule has 0 unspecified atom stereocenters. The number of nitrogens with one attached hydrogen (secondary N) is 1. The average Bonchev–Trinajstić information content (AvgIpc) is 2.95. The maximum Gasteiger partial charge on any atom is 0.343 e. The number of aromatic amines is 1. The molecule has 9 heteroatoms. The number of pyridine rings is 1. The first kappa shape index (κ1) is 17.6. The number of H-pyrrole nitrogens is 1. The summed E-state index contributed by atoms with van der Waals surface area (Å²) < 4.78 is 1.71. The van der Waals surface area contributed by atoms with Crippen molar-refractivity contribution >= 4 is 39.6 Å². The molecule has 1 fully saturated rings. The van der Waals surface area contributed by atoms with Gasteiger partial charge < -0.3 is 19.9 Å². The number of hydrogen-bond acceptors (Lipinski definition) is 6. The zero-order valence-corrected chi connectivity index (χ0v) is 15.9. The zero-order chi connectivity index (χ0) is 20.1. The molecule has 2 N–H and O–H groups in total. The maximum atomic E-state index is 12.9. The number of para-hydroxylation sites is 2. The molecule has 4 heterocycles. The molecule has 1 aliphatic heterocycles. The van der Waals surface area contributed by atoms with E-state index >= 15 is 0 Å². The monoisotopic (exact) mass is 392 g/mol. The molecule has 0 aliphatic carbocycles. The number of rotatable bonds is 2. The molecule has 1 aliphatic rings. The van der Waals surface area contributed by atoms with E-state index in [1.54, 1.807) is 4.40 Å². The van der Waals surface area contributed by atoms with Gasteiger partial charge in [-0.1, -0.05) is 12.1 Å². The molecule has 0 bridgehead atoms. The van der Waals surface area contributed by atoms with Crippen molar-refractivity contribution in [1.82, 2.24) is 24.3 Å². The summed E-state index contributed by atoms with van der Waals surface area (Å²) in [5.74, 6) is -0.727. The number of hydrogen-bond donors (Lipinski definition) is 2. The van der Waals surface area contributed by atoms with Crippen molar-refractivity contribution in [3.05, 3.63) is 46.2 Å². The van der Waals surface area contributed by atoms with E-state index in [-0.39, 0.29) is 16.6 Å². The van der Waals surface area contributed by atoms with Gasteiger partial charge in [0.1, 0.15) is 11.2 Å². The smallest absolute Gasteiger partial charge is 0.343 e. The topological polar surface area (TPSA) is 107 Å². The van der Waals surface area contributed by atoms with Crippen LogP contribution in [-0.2, 0) is 0 Å². The molecule has 9 nitrogen and oxygen atoms in total. The van der Waals surface area contributed by atoms with E-state index in [2.05, 4.69) is 26.8 Å². The second-order valence-electron chi connectivity index (χ2n) is 7.39. The zero-order valence-electron chi connectivity index (χ0n) is 15.9. The van der Waals surface area contributed by atoms with Gasteiger partial charge in [-0.2, -0.15) is 4.98 Å². The summed E-state index contributed by atoms with van der Waals surface area (Å²) >= 11 is 0. The van der Waals surface area contributed by atoms with Crippen molar-refractivity contribution in [3.8, 4) is 0 Å². The SMILES string of the molecule is CN1CCCN(c2ncc3c(=O)c(C(=O)O)c4[nH]c5ccccc5n4c3n2)CC1. The van der Waals surface area contributed by atoms with E-state index in [9.17, 15) is 14.7 Å². The Balaban J connectivity index is 1.83. The van der Waals surface area contributed by atoms with Gasteiger partial charge in [0, 0.05) is 25.8 Å². The first-order chi connectivity index (χ1) is 14.0. The lowest BCUT2D eigenvalue weighted by atomic mass is 10.2. The van der Waals surface area contributed by atoms with Crippen LogP contribution in [0.1, 0.15) is 16.8 Å². The number of carboxylic acids is 1. The summed E-state index contributed by atoms with van der Waals surface area (Å²) in [7, 11) is 2.09. The van der Waals surface area contributed by atoms with Crippen molar-refractivity contribution < 1.29 is 9.90 Å². The van der Waals surface area contributed by atoms with E-state index in [4.69, 9.17) is 4.98 Å². The average molecular weight is 392 g/mol. The number of aromatic nitrogens is 4. The largest absolute Gasteiger partial charge is 0.477 e. The molecule has 0 saturated carbocycles. The molecule has 0 radical (unpaired) electrons. The Morgan fingerprint density at radius 1 is 1.17 bits per heavy atom. The highest BCUT2D eigenvalue weighted by atomic mass is 16.4. The number of carbonyl (C=O) groups is 1. The Labute approximate surface area is 165 Å². The second-order valence-corrected chi connectivity index (χ2v) is 7.39. The van der Waals surface area contributed by atoms with Crippen molar-refractivity contribution in [3.63, 3.8) is 0 Å². The van der Waals surface area contributed by atoms with Crippen molar-refractivity contribution in [2.45, 2.75) is 6.42 Å². The summed E-state index contributed by atoms with van der Waals surface area (Å²) in [5.41, 5.74) is 1.25. The summed E-state index contributed by atoms with van der Waals surface area (Å²) in [6.45, 7) is 3.54. The highest BCUT2D eigenvalue weighted by Crippen LogP contribution is 2.24. The number of likely N-dealkylation sites (N-methyl/N-ethyl adjacent to an activating group) is 1. The van der Waals surface area contributed by atoms with Crippen LogP contribution in [0.25, 0.3) is 27.7 Å². The van der Waals surface area contributed by atoms with Gasteiger partial charge in [-0.15, -0.1) is 0 Å². The van der Waals surface area contributed by atoms with E-state index < -0.39 is 11.4 Å². The second kappa shape index (κ2) is 6.56. The van der Waals surface area contributed by atoms with Gasteiger partial charge in [-0.25, -0.2) is 9.78 Å². The quantitative estimate of drug-likeness (QED) is 0.533. The Hall–Kier alpha value is -3.46. The highest BCUT2D eigenvalue weighted by molar-refractivity contribution is 6.02. The van der Waals surface area contributed by atoms with Gasteiger partial charge >= 0.3 is 5.97 Å². The van der Waals surface area contributed by atoms with Gasteiger partial charge in [0.2, 0.25) is 11.4 Å². The van der Waals surface area contributed by atoms with Gasteiger partial charge in [0.25, 0.3) is 0 Å². The van der Waals surface area contributed by atoms with Crippen LogP contribution in [0.15, 0.2) is 35.3 Å². The summed E-state index contributed by atoms with van der Waals surface area (Å²) in [5, 5.41) is 9.87. The number of carboxylic acid groups (broad SMARTS) is 1. The lowest BCUT2D eigenvalue weighted by molar-refractivity contribution is 0.0697. The van der Waals surface area contributed by atoms with Crippen LogP contribution in [0.2, 0.25) is 0 Å². The third-order valence-corrected chi connectivity index (χ3v) is 5.51. The number of benzene rings is 1. The van der Waals surface area contributed by atoms with Gasteiger partial charge in [-0.05, 0) is 32.1 Å². The van der Waals surface area contributed by atoms with Gasteiger partial charge in [-0.3, -0.25) is 9.20 Å². The fourth-order valence-electron chi connectivity index (χ4n) is 4.01. The molecule has 5 rings (SSSR count). The van der Waals surface area contributed by atoms with Crippen molar-refractivity contribution in [2.24, 2.45) is 0 Å².